The summed E-state index contributed by atoms with van der Waals surface area (Å²) < 4.78 is 4.57. The largest absolute Gasteiger partial charge is 0.405 e. The zero-order chi connectivity index (χ0) is 51.4. The van der Waals surface area contributed by atoms with E-state index in [-0.39, 0.29) is 0 Å². The molecule has 376 valence electrons. The van der Waals surface area contributed by atoms with Crippen LogP contribution in [0.5, 0.6) is 0 Å². The van der Waals surface area contributed by atoms with Crippen LogP contribution in [0.3, 0.4) is 0 Å². The fourth-order valence-corrected chi connectivity index (χ4v) is 7.49. The van der Waals surface area contributed by atoms with Crippen molar-refractivity contribution in [2.45, 2.75) is 159 Å². The Kier molecular flexibility index (Phi) is 34.4. The number of benzene rings is 3. The second kappa shape index (κ2) is 37.4. The van der Waals surface area contributed by atoms with Crippen molar-refractivity contribution in [1.29, 1.82) is 0 Å². The van der Waals surface area contributed by atoms with Gasteiger partial charge < -0.3 is 30.7 Å². The van der Waals surface area contributed by atoms with Gasteiger partial charge in [0.25, 0.3) is 0 Å². The highest BCUT2D eigenvalue weighted by molar-refractivity contribution is 6.06. The van der Waals surface area contributed by atoms with Gasteiger partial charge in [-0.05, 0) is 116 Å². The summed E-state index contributed by atoms with van der Waals surface area (Å²) in [6.07, 6.45) is 26.3. The van der Waals surface area contributed by atoms with Gasteiger partial charge in [-0.3, -0.25) is 4.90 Å². The number of fused-ring (bicyclic) bond motifs is 6. The van der Waals surface area contributed by atoms with Crippen LogP contribution in [0.1, 0.15) is 150 Å². The Labute approximate surface area is 415 Å². The van der Waals surface area contributed by atoms with Gasteiger partial charge in [-0.2, -0.15) is 0 Å². The number of imidazole rings is 2. The Balaban J connectivity index is 0.00000172. The van der Waals surface area contributed by atoms with E-state index in [4.69, 9.17) is 9.97 Å². The van der Waals surface area contributed by atoms with Gasteiger partial charge in [-0.15, -0.1) is 19.4 Å². The number of hydrogen-bond acceptors (Lipinski definition) is 7. The molecule has 6 rings (SSSR count). The molecule has 5 N–H and O–H groups in total. The number of allylic oxidation sites excluding steroid dienone is 1. The van der Waals surface area contributed by atoms with E-state index in [1.54, 1.807) is 13.2 Å². The number of aromatic amines is 2. The van der Waals surface area contributed by atoms with E-state index in [1.165, 1.54) is 83.3 Å². The monoisotopic (exact) mass is 931 g/mol. The fourth-order valence-electron chi connectivity index (χ4n) is 7.49. The molecule has 0 spiro atoms. The molecule has 2 heterocycles. The lowest BCUT2D eigenvalue weighted by molar-refractivity contribution is 0.234. The molecule has 0 radical (unpaired) electrons. The van der Waals surface area contributed by atoms with Gasteiger partial charge in [0.2, 0.25) is 0 Å². The third-order valence-electron chi connectivity index (χ3n) is 11.1. The highest BCUT2D eigenvalue weighted by atomic mass is 16.5. The van der Waals surface area contributed by atoms with Crippen molar-refractivity contribution in [3.8, 4) is 35.2 Å². The number of aryl methyl sites for hydroxylation is 2. The van der Waals surface area contributed by atoms with Crippen LogP contribution in [-0.4, -0.2) is 69.6 Å². The molecule has 1 aliphatic rings. The van der Waals surface area contributed by atoms with Gasteiger partial charge >= 0.3 is 0 Å². The summed E-state index contributed by atoms with van der Waals surface area (Å²) in [4.78, 5) is 21.7. The molecular formula is C59H94N8O. The van der Waals surface area contributed by atoms with Gasteiger partial charge in [0.15, 0.2) is 0 Å². The zero-order valence-electron chi connectivity index (χ0n) is 44.9. The summed E-state index contributed by atoms with van der Waals surface area (Å²) in [5.41, 5.74) is 16.6. The zero-order valence-corrected chi connectivity index (χ0v) is 44.9. The maximum absolute atomic E-state index is 5.04. The first kappa shape index (κ1) is 62.4. The number of aromatic nitrogens is 4. The molecule has 1 aliphatic carbocycles. The Morgan fingerprint density at radius 2 is 1.50 bits per heavy atom. The van der Waals surface area contributed by atoms with Crippen LogP contribution in [0.4, 0.5) is 0 Å². The normalized spacial score (nSPS) is 11.0. The summed E-state index contributed by atoms with van der Waals surface area (Å²) >= 11 is 0. The number of H-pyrrole nitrogens is 2. The SMILES string of the molecule is C#C.C=C(CC)NCC(=C)N(Cc1ncc(-c2ccc3c(c2)CCc2cc4c(ccc5[nH]c(CN(C)CCC)nc54)cc2-3)[nH]1)[C@@H](C)CC.C=CCOC.C=CN.CC.CCC.CCCCCCC. The quantitative estimate of drug-likeness (QED) is 0.0349. The lowest BCUT2D eigenvalue weighted by Crippen LogP contribution is -2.35. The summed E-state index contributed by atoms with van der Waals surface area (Å²) in [5.74, 6) is 1.98. The molecule has 0 aliphatic heterocycles. The molecule has 0 saturated carbocycles. The molecule has 1 atom stereocenters. The van der Waals surface area contributed by atoms with Crippen LogP contribution in [-0.2, 0) is 30.7 Å². The maximum Gasteiger partial charge on any atom is 0.126 e. The number of ether oxygens (including phenoxy) is 1. The number of nitrogens with two attached hydrogens (primary N) is 1. The first-order chi connectivity index (χ1) is 32.9. The van der Waals surface area contributed by atoms with Crippen molar-refractivity contribution in [1.82, 2.24) is 35.1 Å². The van der Waals surface area contributed by atoms with Crippen molar-refractivity contribution in [3.63, 3.8) is 0 Å². The summed E-state index contributed by atoms with van der Waals surface area (Å²) in [6, 6.07) is 16.4. The molecule has 9 heteroatoms. The maximum atomic E-state index is 5.04. The molecule has 0 saturated heterocycles. The number of terminal acetylenes is 1. The minimum atomic E-state index is 0.358. The minimum absolute atomic E-state index is 0.358. The number of hydrogen-bond donors (Lipinski definition) is 4. The molecule has 2 aromatic heterocycles. The van der Waals surface area contributed by atoms with E-state index >= 15 is 0 Å². The van der Waals surface area contributed by atoms with E-state index in [0.717, 1.165) is 85.0 Å². The van der Waals surface area contributed by atoms with E-state index in [1.807, 2.05) is 20.0 Å². The fraction of sp³-hybridized carbons (Fsp3) is 0.492. The Hall–Kier alpha value is -5.56. The summed E-state index contributed by atoms with van der Waals surface area (Å²) in [7, 11) is 3.80. The van der Waals surface area contributed by atoms with Crippen LogP contribution in [0.2, 0.25) is 0 Å². The van der Waals surface area contributed by atoms with Gasteiger partial charge in [0.05, 0.1) is 49.2 Å². The van der Waals surface area contributed by atoms with Crippen LogP contribution >= 0.6 is 0 Å². The molecule has 68 heavy (non-hydrogen) atoms. The van der Waals surface area contributed by atoms with Gasteiger partial charge in [-0.25, -0.2) is 9.97 Å². The van der Waals surface area contributed by atoms with Crippen LogP contribution in [0.15, 0.2) is 98.6 Å². The van der Waals surface area contributed by atoms with Gasteiger partial charge in [0.1, 0.15) is 11.6 Å². The standard InChI is InChI=1S/C39H49N7.C7H16.C4H8O.C3H8.C2H5N.C2H6.C2H2/c1-8-17-45(7)23-38-42-35-16-14-30-19-33-29(20-34(30)39(35)44-38)12-11-28-18-31(13-15-32(28)33)36-22-41-37(43-36)24-46(26(5)10-3)27(6)21-40-25(4)9-2;1-3-5-7-6-4-2;1-3-4-5-2;1-3-2;1-2-3;2*1-2/h13-16,18-20,22,26,40H,4,6,8-12,17,21,23-24H2,1-3,5,7H3,(H,41,43)(H,42,44);3-7H2,1-2H3;3H,1,4H2,2H3;3H2,1-2H3;2H,1,3H2;1-2H3;1-2H/t26-;;;;;;/m0....../s1. The van der Waals surface area contributed by atoms with Crippen molar-refractivity contribution in [3.05, 3.63) is 121 Å². The van der Waals surface area contributed by atoms with Crippen molar-refractivity contribution < 1.29 is 4.74 Å². The van der Waals surface area contributed by atoms with E-state index in [0.29, 0.717) is 25.7 Å². The summed E-state index contributed by atoms with van der Waals surface area (Å²) in [6.45, 7) is 40.5. The average molecular weight is 931 g/mol. The van der Waals surface area contributed by atoms with Gasteiger partial charge in [-0.1, -0.05) is 145 Å². The molecule has 5 aromatic rings. The van der Waals surface area contributed by atoms with E-state index in [9.17, 15) is 0 Å². The minimum Gasteiger partial charge on any atom is -0.405 e. The van der Waals surface area contributed by atoms with Crippen LogP contribution in [0.25, 0.3) is 44.2 Å². The number of methoxy groups -OCH3 is 1. The Bertz CT molecular complexity index is 2170. The number of rotatable bonds is 20. The molecule has 3 aromatic carbocycles. The molecule has 0 fully saturated rings. The lowest BCUT2D eigenvalue weighted by atomic mass is 9.83. The second-order valence-corrected chi connectivity index (χ2v) is 16.7. The number of nitrogens with one attached hydrogen (secondary N) is 3. The Morgan fingerprint density at radius 3 is 2.04 bits per heavy atom. The molecule has 0 bridgehead atoms. The van der Waals surface area contributed by atoms with Crippen molar-refractivity contribution >= 4 is 21.8 Å². The van der Waals surface area contributed by atoms with Crippen molar-refractivity contribution in [2.75, 3.05) is 33.9 Å². The summed E-state index contributed by atoms with van der Waals surface area (Å²) in [5, 5.41) is 5.88. The highest BCUT2D eigenvalue weighted by Gasteiger charge is 2.21. The predicted octanol–water partition coefficient (Wildman–Crippen LogP) is 14.9. The Morgan fingerprint density at radius 1 is 0.868 bits per heavy atom. The third kappa shape index (κ3) is 21.2. The average Bonchev–Trinajstić information content (AvgIpc) is 4.01. The topological polar surface area (TPSA) is 111 Å². The van der Waals surface area contributed by atoms with Crippen LogP contribution in [0, 0.1) is 12.8 Å². The smallest absolute Gasteiger partial charge is 0.126 e. The number of nitrogens with zero attached hydrogens (tertiary/aromatic N) is 4. The third-order valence-corrected chi connectivity index (χ3v) is 11.1. The van der Waals surface area contributed by atoms with E-state index < -0.39 is 0 Å². The molecule has 9 nitrogen and oxygen atoms in total. The molecule has 0 unspecified atom stereocenters. The predicted molar refractivity (Wildman–Crippen MR) is 301 cm³/mol. The van der Waals surface area contributed by atoms with Gasteiger partial charge in [0, 0.05) is 29.9 Å². The first-order valence-electron chi connectivity index (χ1n) is 25.4. The highest BCUT2D eigenvalue weighted by Crippen LogP contribution is 2.39. The molecule has 0 amide bonds. The lowest BCUT2D eigenvalue weighted by Gasteiger charge is -2.32. The first-order valence-corrected chi connectivity index (χ1v) is 25.4. The van der Waals surface area contributed by atoms with Crippen LogP contribution < -0.4 is 11.1 Å². The van der Waals surface area contributed by atoms with Crippen molar-refractivity contribution in [2.24, 2.45) is 5.73 Å². The second-order valence-electron chi connectivity index (χ2n) is 16.7. The van der Waals surface area contributed by atoms with E-state index in [2.05, 4.69) is 180 Å². The number of unbranched alkanes of at least 4 members (excludes halogenated alkanes) is 4. The molecular weight excluding hydrogens is 837 g/mol.